The molecule has 0 atom stereocenters. The van der Waals surface area contributed by atoms with Crippen molar-refractivity contribution in [2.45, 2.75) is 109 Å². The van der Waals surface area contributed by atoms with Gasteiger partial charge in [0.25, 0.3) is 6.47 Å². The van der Waals surface area contributed by atoms with Crippen LogP contribution >= 0.6 is 29.8 Å². The molecule has 158 valence electrons. The summed E-state index contributed by atoms with van der Waals surface area (Å²) in [6.45, 7) is 1.13. The van der Waals surface area contributed by atoms with Gasteiger partial charge in [-0.1, -0.05) is 126 Å². The molecule has 0 N–H and O–H groups in total. The molecule has 5 heteroatoms. The number of hydrogen-bond acceptors (Lipinski definition) is 2. The average Bonchev–Trinajstić information content (AvgIpc) is 2.59. The first-order valence-corrected chi connectivity index (χ1v) is 14.6. The summed E-state index contributed by atoms with van der Waals surface area (Å²) < 4.78 is 4.68. The summed E-state index contributed by atoms with van der Waals surface area (Å²) in [5.41, 5.74) is 0. The second-order valence-corrected chi connectivity index (χ2v) is 14.3. The van der Waals surface area contributed by atoms with Crippen LogP contribution in [0.5, 0.6) is 0 Å². The molecule has 0 bridgehead atoms. The number of hydrogen-bond donors (Lipinski definition) is 0. The quantitative estimate of drug-likeness (QED) is 0.135. The van der Waals surface area contributed by atoms with Gasteiger partial charge in [-0.2, -0.15) is 0 Å². The van der Waals surface area contributed by atoms with E-state index in [1.54, 1.807) is 0 Å². The van der Waals surface area contributed by atoms with E-state index in [1.165, 1.54) is 103 Å². The summed E-state index contributed by atoms with van der Waals surface area (Å²) >= 11 is 0. The van der Waals surface area contributed by atoms with Gasteiger partial charge in [0.2, 0.25) is 0 Å². The lowest BCUT2D eigenvalue weighted by atomic mass is 10.0. The maximum absolute atomic E-state index is 9.99. The van der Waals surface area contributed by atoms with Gasteiger partial charge in [-0.05, 0) is 19.1 Å². The summed E-state index contributed by atoms with van der Waals surface area (Å²) in [6, 6.07) is 0. The second kappa shape index (κ2) is 20.1. The van der Waals surface area contributed by atoms with Crippen molar-refractivity contribution in [2.24, 2.45) is 0 Å². The highest BCUT2D eigenvalue weighted by molar-refractivity contribution is 8.65. The lowest BCUT2D eigenvalue weighted by molar-refractivity contribution is -0.128. The fraction of sp³-hybridized carbons (Fsp3) is 0.952. The zero-order valence-corrected chi connectivity index (χ0v) is 19.3. The highest BCUT2D eigenvalue weighted by Crippen LogP contribution is 2.55. The van der Waals surface area contributed by atoms with Crippen molar-refractivity contribution in [2.75, 3.05) is 18.6 Å². The van der Waals surface area contributed by atoms with E-state index in [0.29, 0.717) is 13.1 Å². The van der Waals surface area contributed by atoms with Gasteiger partial charge in [-0.15, -0.1) is 0 Å². The molecule has 0 spiro atoms. The van der Waals surface area contributed by atoms with Gasteiger partial charge in [0.15, 0.2) is 0 Å². The van der Waals surface area contributed by atoms with Crippen molar-refractivity contribution in [3.05, 3.63) is 0 Å². The molecular weight excluding hydrogens is 387 g/mol. The molecule has 0 saturated heterocycles. The standard InChI is InChI=1S/C21H42Cl2O2S/c1-26(22,23)20-18-16-14-12-10-8-6-4-2-3-5-7-9-11-13-15-17-19-25-21-24/h21H,2-20H2,1H3. The molecule has 0 heterocycles. The van der Waals surface area contributed by atoms with Crippen LogP contribution in [0.4, 0.5) is 0 Å². The first kappa shape index (κ1) is 26.4. The van der Waals surface area contributed by atoms with Crippen molar-refractivity contribution in [1.82, 2.24) is 0 Å². The minimum atomic E-state index is -1.32. The van der Waals surface area contributed by atoms with Gasteiger partial charge in [-0.25, -0.2) is 0 Å². The molecule has 0 aliphatic carbocycles. The van der Waals surface area contributed by atoms with E-state index in [0.717, 1.165) is 12.2 Å². The van der Waals surface area contributed by atoms with E-state index < -0.39 is 8.46 Å². The maximum atomic E-state index is 9.99. The Labute approximate surface area is 173 Å². The fourth-order valence-electron chi connectivity index (χ4n) is 3.24. The van der Waals surface area contributed by atoms with Gasteiger partial charge >= 0.3 is 0 Å². The maximum Gasteiger partial charge on any atom is 0.293 e. The van der Waals surface area contributed by atoms with E-state index in [-0.39, 0.29) is 0 Å². The molecule has 0 aromatic rings. The Morgan fingerprint density at radius 3 is 1.23 bits per heavy atom. The Bertz CT molecular complexity index is 296. The normalized spacial score (nSPS) is 12.3. The summed E-state index contributed by atoms with van der Waals surface area (Å²) in [4.78, 5) is 9.99. The van der Waals surface area contributed by atoms with E-state index >= 15 is 0 Å². The minimum Gasteiger partial charge on any atom is -0.468 e. The first-order valence-electron chi connectivity index (χ1n) is 10.8. The third-order valence-corrected chi connectivity index (χ3v) is 6.76. The smallest absolute Gasteiger partial charge is 0.293 e. The molecule has 26 heavy (non-hydrogen) atoms. The number of carbonyl (C=O) groups is 1. The van der Waals surface area contributed by atoms with E-state index in [9.17, 15) is 4.79 Å². The van der Waals surface area contributed by atoms with Gasteiger partial charge in [0, 0.05) is 5.75 Å². The molecule has 0 aromatic carbocycles. The Balaban J connectivity index is 3.02. The van der Waals surface area contributed by atoms with Crippen molar-refractivity contribution < 1.29 is 9.53 Å². The Hall–Kier alpha value is 0.400. The molecule has 0 aliphatic heterocycles. The van der Waals surface area contributed by atoms with Gasteiger partial charge < -0.3 is 4.74 Å². The fourth-order valence-corrected chi connectivity index (χ4v) is 4.61. The predicted octanol–water partition coefficient (Wildman–Crippen LogP) is 8.53. The number of rotatable bonds is 21. The molecular formula is C21H42Cl2O2S. The molecule has 0 aliphatic rings. The summed E-state index contributed by atoms with van der Waals surface area (Å²) in [5.74, 6) is 0.993. The molecule has 2 nitrogen and oxygen atoms in total. The number of carbonyl (C=O) groups excluding carboxylic acids is 1. The monoisotopic (exact) mass is 428 g/mol. The summed E-state index contributed by atoms with van der Waals surface area (Å²) in [6.07, 6.45) is 24.6. The van der Waals surface area contributed by atoms with Gasteiger partial charge in [0.1, 0.15) is 0 Å². The van der Waals surface area contributed by atoms with Crippen LogP contribution in [0.2, 0.25) is 0 Å². The zero-order valence-electron chi connectivity index (χ0n) is 17.0. The van der Waals surface area contributed by atoms with Crippen molar-refractivity contribution in [3.8, 4) is 0 Å². The van der Waals surface area contributed by atoms with Crippen LogP contribution < -0.4 is 0 Å². The summed E-state index contributed by atoms with van der Waals surface area (Å²) in [5, 5.41) is 0. The molecule has 0 unspecified atom stereocenters. The number of ether oxygens (including phenoxy) is 1. The van der Waals surface area contributed by atoms with Crippen molar-refractivity contribution >= 4 is 36.3 Å². The highest BCUT2D eigenvalue weighted by atomic mass is 36.0. The van der Waals surface area contributed by atoms with Crippen LogP contribution in [0.25, 0.3) is 0 Å². The SMILES string of the molecule is CS(Cl)(Cl)CCCCCCCCCCCCCCCCCCCOC=O. The Morgan fingerprint density at radius 2 is 0.923 bits per heavy atom. The van der Waals surface area contributed by atoms with Crippen molar-refractivity contribution in [1.29, 1.82) is 0 Å². The molecule has 0 fully saturated rings. The van der Waals surface area contributed by atoms with E-state index in [1.807, 2.05) is 6.26 Å². The van der Waals surface area contributed by atoms with Crippen LogP contribution in [0.15, 0.2) is 0 Å². The lowest BCUT2D eigenvalue weighted by Crippen LogP contribution is -1.91. The van der Waals surface area contributed by atoms with Crippen molar-refractivity contribution in [3.63, 3.8) is 0 Å². The van der Waals surface area contributed by atoms with Gasteiger partial charge in [0.05, 0.1) is 6.61 Å². The first-order chi connectivity index (χ1) is 12.6. The second-order valence-electron chi connectivity index (χ2n) is 7.56. The molecule has 0 saturated carbocycles. The molecule has 0 amide bonds. The number of unbranched alkanes of at least 4 members (excludes halogenated alkanes) is 16. The van der Waals surface area contributed by atoms with Crippen LogP contribution in [-0.2, 0) is 9.53 Å². The van der Waals surface area contributed by atoms with Crippen LogP contribution in [0.1, 0.15) is 109 Å². The number of halogens is 2. The zero-order chi connectivity index (χ0) is 19.3. The van der Waals surface area contributed by atoms with Crippen LogP contribution in [0.3, 0.4) is 0 Å². The molecule has 0 aromatic heterocycles. The predicted molar refractivity (Wildman–Crippen MR) is 121 cm³/mol. The third-order valence-electron chi connectivity index (χ3n) is 4.83. The van der Waals surface area contributed by atoms with E-state index in [4.69, 9.17) is 21.4 Å². The molecule has 0 rings (SSSR count). The largest absolute Gasteiger partial charge is 0.468 e. The van der Waals surface area contributed by atoms with Crippen LogP contribution in [-0.4, -0.2) is 25.1 Å². The molecule has 0 radical (unpaired) electrons. The van der Waals surface area contributed by atoms with E-state index in [2.05, 4.69) is 4.74 Å². The Kier molecular flexibility index (Phi) is 20.5. The minimum absolute atomic E-state index is 0.543. The van der Waals surface area contributed by atoms with Gasteiger partial charge in [-0.3, -0.25) is 4.79 Å². The average molecular weight is 430 g/mol. The van der Waals surface area contributed by atoms with Crippen LogP contribution in [0, 0.1) is 0 Å². The third kappa shape index (κ3) is 24.4. The summed E-state index contributed by atoms with van der Waals surface area (Å²) in [7, 11) is 10.8. The highest BCUT2D eigenvalue weighted by Gasteiger charge is 2.08. The lowest BCUT2D eigenvalue weighted by Gasteiger charge is -2.17. The topological polar surface area (TPSA) is 26.3 Å². The Morgan fingerprint density at radius 1 is 0.615 bits per heavy atom.